The highest BCUT2D eigenvalue weighted by molar-refractivity contribution is 5.70. The van der Waals surface area contributed by atoms with E-state index in [0.717, 1.165) is 11.1 Å². The molecule has 1 unspecified atom stereocenters. The standard InChI is InChI=1S/C30H31N5O4/c1-29(2,3)22-11-7-18(8-12-22)25-31-33-27(38-25)20-15-21(17-24(16-20)35(36)37)28-34-32-26(39-28)19-9-13-23(14-10-19)30(4,5)6/h7-17,35-36H,1-6H3. The molecule has 39 heavy (non-hydrogen) atoms. The van der Waals surface area contributed by atoms with Crippen molar-refractivity contribution in [2.24, 2.45) is 0 Å². The molecule has 5 rings (SSSR count). The molecule has 0 fully saturated rings. The minimum absolute atomic E-state index is 0.0245. The smallest absolute Gasteiger partial charge is 0.248 e. The fourth-order valence-corrected chi connectivity index (χ4v) is 4.14. The Morgan fingerprint density at radius 2 is 0.897 bits per heavy atom. The highest BCUT2D eigenvalue weighted by Crippen LogP contribution is 2.32. The molecule has 200 valence electrons. The van der Waals surface area contributed by atoms with Crippen LogP contribution in [0.2, 0.25) is 0 Å². The van der Waals surface area contributed by atoms with Crippen LogP contribution < -0.4 is 5.23 Å². The number of quaternary nitrogens is 1. The second kappa shape index (κ2) is 9.85. The molecule has 0 amide bonds. The minimum Gasteiger partial charge on any atom is -0.595 e. The topological polar surface area (TPSA) is 126 Å². The lowest BCUT2D eigenvalue weighted by Gasteiger charge is -2.18. The van der Waals surface area contributed by atoms with Gasteiger partial charge in [-0.05, 0) is 52.3 Å². The van der Waals surface area contributed by atoms with Crippen LogP contribution in [-0.4, -0.2) is 25.6 Å². The van der Waals surface area contributed by atoms with Crippen molar-refractivity contribution in [3.05, 3.63) is 83.1 Å². The van der Waals surface area contributed by atoms with Gasteiger partial charge in [0.2, 0.25) is 23.6 Å². The molecular formula is C30H31N5O4. The van der Waals surface area contributed by atoms with Gasteiger partial charge >= 0.3 is 0 Å². The fraction of sp³-hybridized carbons (Fsp3) is 0.267. The summed E-state index contributed by atoms with van der Waals surface area (Å²) >= 11 is 0. The lowest BCUT2D eigenvalue weighted by atomic mass is 9.87. The molecule has 2 aromatic heterocycles. The molecule has 0 aliphatic heterocycles. The highest BCUT2D eigenvalue weighted by Gasteiger charge is 2.20. The Morgan fingerprint density at radius 3 is 1.21 bits per heavy atom. The first-order chi connectivity index (χ1) is 18.4. The predicted molar refractivity (Wildman–Crippen MR) is 147 cm³/mol. The average molecular weight is 526 g/mol. The number of hydrogen-bond acceptors (Lipinski definition) is 8. The number of nitrogens with zero attached hydrogens (tertiary/aromatic N) is 4. The van der Waals surface area contributed by atoms with Crippen molar-refractivity contribution in [3.63, 3.8) is 0 Å². The first kappa shape index (κ1) is 26.4. The minimum atomic E-state index is -1.10. The zero-order chi connectivity index (χ0) is 27.9. The third-order valence-corrected chi connectivity index (χ3v) is 6.52. The van der Waals surface area contributed by atoms with Gasteiger partial charge in [-0.2, -0.15) is 5.23 Å². The maximum absolute atomic E-state index is 11.9. The number of hydrogen-bond donors (Lipinski definition) is 2. The molecule has 0 spiro atoms. The molecule has 0 saturated carbocycles. The van der Waals surface area contributed by atoms with Gasteiger partial charge in [0.15, 0.2) is 5.69 Å². The number of rotatable bonds is 5. The Morgan fingerprint density at radius 1 is 0.564 bits per heavy atom. The summed E-state index contributed by atoms with van der Waals surface area (Å²) in [6.07, 6.45) is 0. The van der Waals surface area contributed by atoms with Crippen molar-refractivity contribution in [1.82, 2.24) is 20.4 Å². The largest absolute Gasteiger partial charge is 0.595 e. The second-order valence-corrected chi connectivity index (χ2v) is 11.6. The van der Waals surface area contributed by atoms with Crippen LogP contribution in [0, 0.1) is 5.21 Å². The monoisotopic (exact) mass is 525 g/mol. The molecule has 2 N–H and O–H groups in total. The first-order valence-electron chi connectivity index (χ1n) is 12.7. The first-order valence-corrected chi connectivity index (χ1v) is 12.7. The molecule has 9 nitrogen and oxygen atoms in total. The highest BCUT2D eigenvalue weighted by atomic mass is 16.8. The normalized spacial score (nSPS) is 13.0. The van der Waals surface area contributed by atoms with E-state index in [1.807, 2.05) is 48.5 Å². The number of nitrogens with one attached hydrogen (secondary N) is 1. The van der Waals surface area contributed by atoms with Crippen molar-refractivity contribution in [3.8, 4) is 45.8 Å². The van der Waals surface area contributed by atoms with Crippen molar-refractivity contribution >= 4 is 5.69 Å². The van der Waals surface area contributed by atoms with Crippen LogP contribution in [0.5, 0.6) is 0 Å². The molecule has 0 radical (unpaired) electrons. The van der Waals surface area contributed by atoms with Gasteiger partial charge in [-0.3, -0.25) is 0 Å². The molecule has 5 aromatic rings. The summed E-state index contributed by atoms with van der Waals surface area (Å²) in [5.41, 5.74) is 4.88. The molecule has 2 heterocycles. The molecule has 0 aliphatic carbocycles. The Bertz CT molecular complexity index is 1470. The quantitative estimate of drug-likeness (QED) is 0.263. The van der Waals surface area contributed by atoms with Gasteiger partial charge < -0.3 is 14.0 Å². The summed E-state index contributed by atoms with van der Waals surface area (Å²) in [4.78, 5) is 0. The lowest BCUT2D eigenvalue weighted by molar-refractivity contribution is -0.991. The SMILES string of the molecule is CC(C)(C)c1ccc(-c2nnc(-c3cc(-c4nnc(-c5ccc(C(C)(C)C)cc5)o4)cc([NH+]([O-])O)c3)o2)cc1. The summed E-state index contributed by atoms with van der Waals surface area (Å²) in [6, 6.07) is 20.5. The van der Waals surface area contributed by atoms with E-state index >= 15 is 0 Å². The Balaban J connectivity index is 1.46. The van der Waals surface area contributed by atoms with Gasteiger partial charge in [-0.15, -0.1) is 20.4 Å². The van der Waals surface area contributed by atoms with Crippen molar-refractivity contribution in [1.29, 1.82) is 0 Å². The molecule has 0 saturated heterocycles. The Kier molecular flexibility index (Phi) is 6.67. The van der Waals surface area contributed by atoms with Crippen LogP contribution in [0.15, 0.2) is 75.6 Å². The van der Waals surface area contributed by atoms with E-state index in [2.05, 4.69) is 61.9 Å². The average Bonchev–Trinajstić information content (AvgIpc) is 3.58. The van der Waals surface area contributed by atoms with Crippen LogP contribution in [0.3, 0.4) is 0 Å². The van der Waals surface area contributed by atoms with Gasteiger partial charge in [0, 0.05) is 34.4 Å². The zero-order valence-corrected chi connectivity index (χ0v) is 22.8. The van der Waals surface area contributed by atoms with Crippen LogP contribution in [0.25, 0.3) is 45.8 Å². The van der Waals surface area contributed by atoms with Crippen molar-refractivity contribution in [2.75, 3.05) is 0 Å². The van der Waals surface area contributed by atoms with E-state index in [4.69, 9.17) is 8.83 Å². The summed E-state index contributed by atoms with van der Waals surface area (Å²) in [7, 11) is 0. The van der Waals surface area contributed by atoms with E-state index in [1.54, 1.807) is 6.07 Å². The maximum Gasteiger partial charge on any atom is 0.248 e. The third-order valence-electron chi connectivity index (χ3n) is 6.52. The summed E-state index contributed by atoms with van der Waals surface area (Å²) in [6.45, 7) is 12.9. The van der Waals surface area contributed by atoms with E-state index in [9.17, 15) is 10.4 Å². The van der Waals surface area contributed by atoms with E-state index in [1.165, 1.54) is 23.3 Å². The van der Waals surface area contributed by atoms with E-state index in [-0.39, 0.29) is 28.3 Å². The molecule has 3 aromatic carbocycles. The molecule has 9 heteroatoms. The van der Waals surface area contributed by atoms with Crippen LogP contribution >= 0.6 is 0 Å². The second-order valence-electron chi connectivity index (χ2n) is 11.6. The molecule has 0 bridgehead atoms. The van der Waals surface area contributed by atoms with Gasteiger partial charge in [0.1, 0.15) is 0 Å². The van der Waals surface area contributed by atoms with E-state index < -0.39 is 5.23 Å². The zero-order valence-electron chi connectivity index (χ0n) is 22.8. The summed E-state index contributed by atoms with van der Waals surface area (Å²) in [5.74, 6) is 1.05. The fourth-order valence-electron chi connectivity index (χ4n) is 4.14. The molecular weight excluding hydrogens is 494 g/mol. The summed E-state index contributed by atoms with van der Waals surface area (Å²) < 4.78 is 11.9. The van der Waals surface area contributed by atoms with Crippen LogP contribution in [0.1, 0.15) is 52.7 Å². The molecule has 1 atom stereocenters. The van der Waals surface area contributed by atoms with Gasteiger partial charge in [0.25, 0.3) is 0 Å². The number of aromatic nitrogens is 4. The van der Waals surface area contributed by atoms with E-state index in [0.29, 0.717) is 22.9 Å². The van der Waals surface area contributed by atoms with Crippen molar-refractivity contribution in [2.45, 2.75) is 52.4 Å². The Hall–Kier alpha value is -4.18. The Labute approximate surface area is 226 Å². The predicted octanol–water partition coefficient (Wildman–Crippen LogP) is 6.12. The lowest BCUT2D eigenvalue weighted by Crippen LogP contribution is -2.99. The maximum atomic E-state index is 11.9. The van der Waals surface area contributed by atoms with Gasteiger partial charge in [-0.1, -0.05) is 65.8 Å². The van der Waals surface area contributed by atoms with Gasteiger partial charge in [0.05, 0.1) is 0 Å². The van der Waals surface area contributed by atoms with Crippen LogP contribution in [-0.2, 0) is 10.8 Å². The number of benzene rings is 3. The van der Waals surface area contributed by atoms with Gasteiger partial charge in [-0.25, -0.2) is 5.21 Å². The van der Waals surface area contributed by atoms with Crippen molar-refractivity contribution < 1.29 is 19.3 Å². The molecule has 0 aliphatic rings. The summed E-state index contributed by atoms with van der Waals surface area (Å²) in [5, 5.41) is 37.3. The third kappa shape index (κ3) is 5.65. The van der Waals surface area contributed by atoms with Crippen LogP contribution in [0.4, 0.5) is 5.69 Å².